The number of morpholine rings is 1. The van der Waals surface area contributed by atoms with Crippen LogP contribution in [0.2, 0.25) is 0 Å². The second-order valence-corrected chi connectivity index (χ2v) is 5.51. The first-order valence-electron chi connectivity index (χ1n) is 6.35. The van der Waals surface area contributed by atoms with Gasteiger partial charge >= 0.3 is 5.97 Å². The van der Waals surface area contributed by atoms with E-state index in [1.165, 1.54) is 12.3 Å². The molecule has 0 aliphatic carbocycles. The molecular weight excluding hydrogens is 262 g/mol. The van der Waals surface area contributed by atoms with Gasteiger partial charge in [-0.15, -0.1) is 0 Å². The van der Waals surface area contributed by atoms with E-state index in [0.717, 1.165) is 0 Å². The molecule has 1 aliphatic heterocycles. The SMILES string of the molecule is CC1(C)CN(c2ncc(N)cc2C(=O)O)CC(CO)O1. The molecule has 2 heterocycles. The first kappa shape index (κ1) is 14.5. The number of ether oxygens (including phenoxy) is 1. The second-order valence-electron chi connectivity index (χ2n) is 5.51. The van der Waals surface area contributed by atoms with E-state index in [9.17, 15) is 15.0 Å². The van der Waals surface area contributed by atoms with Crippen molar-refractivity contribution in [2.75, 3.05) is 30.3 Å². The monoisotopic (exact) mass is 281 g/mol. The van der Waals surface area contributed by atoms with Crippen LogP contribution < -0.4 is 10.6 Å². The van der Waals surface area contributed by atoms with Crippen molar-refractivity contribution in [3.63, 3.8) is 0 Å². The summed E-state index contributed by atoms with van der Waals surface area (Å²) in [6.45, 7) is 4.52. The highest BCUT2D eigenvalue weighted by Crippen LogP contribution is 2.27. The molecule has 0 spiro atoms. The molecular formula is C13H19N3O4. The molecule has 0 amide bonds. The molecule has 110 valence electrons. The normalized spacial score (nSPS) is 21.8. The molecule has 1 aromatic rings. The molecule has 1 aromatic heterocycles. The number of carboxylic acids is 1. The zero-order valence-corrected chi connectivity index (χ0v) is 11.5. The molecule has 0 radical (unpaired) electrons. The number of nitrogens with two attached hydrogens (primary N) is 1. The number of pyridine rings is 1. The van der Waals surface area contributed by atoms with Crippen molar-refractivity contribution in [3.05, 3.63) is 17.8 Å². The van der Waals surface area contributed by atoms with Gasteiger partial charge in [-0.2, -0.15) is 0 Å². The maximum Gasteiger partial charge on any atom is 0.339 e. The lowest BCUT2D eigenvalue weighted by molar-refractivity contribution is -0.101. The van der Waals surface area contributed by atoms with Crippen LogP contribution in [0.3, 0.4) is 0 Å². The second kappa shape index (κ2) is 5.26. The average Bonchev–Trinajstić information content (AvgIpc) is 2.36. The first-order chi connectivity index (χ1) is 9.32. The van der Waals surface area contributed by atoms with Gasteiger partial charge in [-0.05, 0) is 19.9 Å². The van der Waals surface area contributed by atoms with E-state index in [4.69, 9.17) is 10.5 Å². The van der Waals surface area contributed by atoms with Crippen LogP contribution in [0.4, 0.5) is 11.5 Å². The van der Waals surface area contributed by atoms with Crippen LogP contribution in [0.15, 0.2) is 12.3 Å². The number of carboxylic acid groups (broad SMARTS) is 1. The first-order valence-corrected chi connectivity index (χ1v) is 6.35. The Bertz CT molecular complexity index is 518. The minimum atomic E-state index is -1.08. The van der Waals surface area contributed by atoms with E-state index in [1.54, 1.807) is 0 Å². The summed E-state index contributed by atoms with van der Waals surface area (Å²) in [6.07, 6.45) is 1.05. The van der Waals surface area contributed by atoms with Gasteiger partial charge in [0, 0.05) is 13.1 Å². The van der Waals surface area contributed by atoms with Gasteiger partial charge in [-0.25, -0.2) is 9.78 Å². The van der Waals surface area contributed by atoms with E-state index in [1.807, 2.05) is 18.7 Å². The van der Waals surface area contributed by atoms with Gasteiger partial charge in [0.2, 0.25) is 0 Å². The lowest BCUT2D eigenvalue weighted by atomic mass is 10.0. The molecule has 1 atom stereocenters. The molecule has 7 nitrogen and oxygen atoms in total. The van der Waals surface area contributed by atoms with Gasteiger partial charge in [-0.3, -0.25) is 0 Å². The van der Waals surface area contributed by atoms with Gasteiger partial charge in [-0.1, -0.05) is 0 Å². The smallest absolute Gasteiger partial charge is 0.339 e. The van der Waals surface area contributed by atoms with Gasteiger partial charge in [0.25, 0.3) is 0 Å². The molecule has 7 heteroatoms. The van der Waals surface area contributed by atoms with E-state index in [-0.39, 0.29) is 18.3 Å². The molecule has 0 saturated carbocycles. The van der Waals surface area contributed by atoms with E-state index >= 15 is 0 Å². The minimum Gasteiger partial charge on any atom is -0.478 e. The number of hydrogen-bond acceptors (Lipinski definition) is 6. The van der Waals surface area contributed by atoms with Crippen molar-refractivity contribution in [2.24, 2.45) is 0 Å². The Kier molecular flexibility index (Phi) is 3.82. The van der Waals surface area contributed by atoms with E-state index < -0.39 is 11.6 Å². The van der Waals surface area contributed by atoms with Crippen molar-refractivity contribution < 1.29 is 19.7 Å². The quantitative estimate of drug-likeness (QED) is 0.732. The fraction of sp³-hybridized carbons (Fsp3) is 0.538. The molecule has 1 unspecified atom stereocenters. The van der Waals surface area contributed by atoms with Crippen LogP contribution in [-0.4, -0.2) is 52.6 Å². The molecule has 4 N–H and O–H groups in total. The maximum absolute atomic E-state index is 11.3. The van der Waals surface area contributed by atoms with Crippen LogP contribution in [0.25, 0.3) is 0 Å². The topological polar surface area (TPSA) is 109 Å². The summed E-state index contributed by atoms with van der Waals surface area (Å²) < 4.78 is 5.71. The maximum atomic E-state index is 11.3. The summed E-state index contributed by atoms with van der Waals surface area (Å²) >= 11 is 0. The number of aromatic carboxylic acids is 1. The highest BCUT2D eigenvalue weighted by molar-refractivity contribution is 5.94. The Hall–Kier alpha value is -1.86. The third kappa shape index (κ3) is 3.00. The summed E-state index contributed by atoms with van der Waals surface area (Å²) in [5.74, 6) is -0.730. The number of anilines is 2. The van der Waals surface area contributed by atoms with Crippen molar-refractivity contribution in [3.8, 4) is 0 Å². The van der Waals surface area contributed by atoms with Crippen molar-refractivity contribution >= 4 is 17.5 Å². The van der Waals surface area contributed by atoms with Gasteiger partial charge in [0.05, 0.1) is 30.2 Å². The fourth-order valence-electron chi connectivity index (χ4n) is 2.44. The highest BCUT2D eigenvalue weighted by atomic mass is 16.5. The largest absolute Gasteiger partial charge is 0.478 e. The third-order valence-electron chi connectivity index (χ3n) is 3.10. The predicted octanol–water partition coefficient (Wildman–Crippen LogP) is 0.338. The number of rotatable bonds is 3. The Morgan fingerprint density at radius 2 is 2.35 bits per heavy atom. The number of aromatic nitrogens is 1. The van der Waals surface area contributed by atoms with Crippen LogP contribution in [0.5, 0.6) is 0 Å². The zero-order chi connectivity index (χ0) is 14.9. The lowest BCUT2D eigenvalue weighted by Gasteiger charge is -2.43. The molecule has 1 saturated heterocycles. The van der Waals surface area contributed by atoms with Crippen LogP contribution >= 0.6 is 0 Å². The Morgan fingerprint density at radius 3 is 2.95 bits per heavy atom. The van der Waals surface area contributed by atoms with E-state index in [0.29, 0.717) is 24.6 Å². The molecule has 1 aliphatic rings. The van der Waals surface area contributed by atoms with Crippen molar-refractivity contribution in [1.82, 2.24) is 4.98 Å². The van der Waals surface area contributed by atoms with Crippen molar-refractivity contribution in [1.29, 1.82) is 0 Å². The summed E-state index contributed by atoms with van der Waals surface area (Å²) in [7, 11) is 0. The Balaban J connectivity index is 2.37. The number of aliphatic hydroxyl groups excluding tert-OH is 1. The number of hydrogen-bond donors (Lipinski definition) is 3. The lowest BCUT2D eigenvalue weighted by Crippen LogP contribution is -2.54. The summed E-state index contributed by atoms with van der Waals surface area (Å²) in [4.78, 5) is 17.3. The van der Waals surface area contributed by atoms with Gasteiger partial charge in [0.15, 0.2) is 0 Å². The molecule has 1 fully saturated rings. The summed E-state index contributed by atoms with van der Waals surface area (Å²) in [5, 5.41) is 18.6. The molecule has 2 rings (SSSR count). The average molecular weight is 281 g/mol. The molecule has 20 heavy (non-hydrogen) atoms. The molecule has 0 bridgehead atoms. The number of nitrogen functional groups attached to an aromatic ring is 1. The van der Waals surface area contributed by atoms with Gasteiger partial charge in [0.1, 0.15) is 11.4 Å². The predicted molar refractivity (Wildman–Crippen MR) is 73.9 cm³/mol. The minimum absolute atomic E-state index is 0.0550. The Labute approximate surface area is 117 Å². The number of nitrogens with zero attached hydrogens (tertiary/aromatic N) is 2. The molecule has 0 aromatic carbocycles. The van der Waals surface area contributed by atoms with Gasteiger partial charge < -0.3 is 25.6 Å². The van der Waals surface area contributed by atoms with E-state index in [2.05, 4.69) is 4.98 Å². The number of aliphatic hydroxyl groups is 1. The highest BCUT2D eigenvalue weighted by Gasteiger charge is 2.35. The summed E-state index contributed by atoms with van der Waals surface area (Å²) in [6, 6.07) is 1.39. The third-order valence-corrected chi connectivity index (χ3v) is 3.10. The van der Waals surface area contributed by atoms with Crippen LogP contribution in [0, 0.1) is 0 Å². The van der Waals surface area contributed by atoms with Crippen LogP contribution in [-0.2, 0) is 4.74 Å². The summed E-state index contributed by atoms with van der Waals surface area (Å²) in [5.41, 5.74) is 5.46. The van der Waals surface area contributed by atoms with Crippen LogP contribution in [0.1, 0.15) is 24.2 Å². The number of carbonyl (C=O) groups is 1. The fourth-order valence-corrected chi connectivity index (χ4v) is 2.44. The zero-order valence-electron chi connectivity index (χ0n) is 11.5. The van der Waals surface area contributed by atoms with Crippen molar-refractivity contribution in [2.45, 2.75) is 25.6 Å². The Morgan fingerprint density at radius 1 is 1.65 bits per heavy atom. The standard InChI is InChI=1S/C13H19N3O4/c1-13(2)7-16(5-9(6-17)20-13)11-10(12(18)19)3-8(14)4-15-11/h3-4,9,17H,5-7,14H2,1-2H3,(H,18,19).